The lowest BCUT2D eigenvalue weighted by Crippen LogP contribution is -2.11. The standard InChI is InChI=1S/C34H27N/c1-4-12-28(13-5-1)20-21-30-23-26-33(27-24-30)35(32-17-8-3-9-18-32)34-19-11-10-16-31(34)25-22-29-14-6-2-7-15-29/h1-27H. The first-order valence-electron chi connectivity index (χ1n) is 11.9. The van der Waals surface area contributed by atoms with Gasteiger partial charge in [-0.2, -0.15) is 0 Å². The van der Waals surface area contributed by atoms with E-state index in [1.165, 1.54) is 16.7 Å². The zero-order chi connectivity index (χ0) is 23.7. The first-order chi connectivity index (χ1) is 17.4. The molecule has 5 rings (SSSR count). The highest BCUT2D eigenvalue weighted by Crippen LogP contribution is 2.37. The molecular weight excluding hydrogens is 422 g/mol. The van der Waals surface area contributed by atoms with E-state index in [4.69, 9.17) is 0 Å². The van der Waals surface area contributed by atoms with Crippen LogP contribution < -0.4 is 4.90 Å². The third kappa shape index (κ3) is 5.66. The van der Waals surface area contributed by atoms with Gasteiger partial charge in [-0.1, -0.05) is 133 Å². The minimum absolute atomic E-state index is 1.12. The quantitative estimate of drug-likeness (QED) is 0.224. The Morgan fingerprint density at radius 1 is 0.343 bits per heavy atom. The van der Waals surface area contributed by atoms with Crippen molar-refractivity contribution in [3.05, 3.63) is 162 Å². The van der Waals surface area contributed by atoms with Gasteiger partial charge in [0.05, 0.1) is 5.69 Å². The number of anilines is 3. The Hall–Kier alpha value is -4.62. The third-order valence-corrected chi connectivity index (χ3v) is 5.87. The van der Waals surface area contributed by atoms with E-state index >= 15 is 0 Å². The number of hydrogen-bond acceptors (Lipinski definition) is 1. The first-order valence-corrected chi connectivity index (χ1v) is 11.9. The minimum Gasteiger partial charge on any atom is -0.310 e. The predicted molar refractivity (Wildman–Crippen MR) is 152 cm³/mol. The lowest BCUT2D eigenvalue weighted by atomic mass is 10.1. The van der Waals surface area contributed by atoms with Crippen molar-refractivity contribution < 1.29 is 0 Å². The molecule has 5 aromatic rings. The Labute approximate surface area is 208 Å². The molecule has 0 aliphatic heterocycles. The van der Waals surface area contributed by atoms with E-state index in [-0.39, 0.29) is 0 Å². The summed E-state index contributed by atoms with van der Waals surface area (Å²) in [6.45, 7) is 0. The van der Waals surface area contributed by atoms with Crippen LogP contribution in [0.4, 0.5) is 17.1 Å². The van der Waals surface area contributed by atoms with Crippen molar-refractivity contribution in [2.75, 3.05) is 4.90 Å². The highest BCUT2D eigenvalue weighted by Gasteiger charge is 2.14. The highest BCUT2D eigenvalue weighted by atomic mass is 15.1. The van der Waals surface area contributed by atoms with Gasteiger partial charge in [-0.05, 0) is 52.6 Å². The van der Waals surface area contributed by atoms with Gasteiger partial charge in [0, 0.05) is 11.4 Å². The van der Waals surface area contributed by atoms with Gasteiger partial charge < -0.3 is 4.90 Å². The maximum absolute atomic E-state index is 2.31. The Morgan fingerprint density at radius 3 is 1.37 bits per heavy atom. The van der Waals surface area contributed by atoms with Crippen LogP contribution in [-0.2, 0) is 0 Å². The Balaban J connectivity index is 1.50. The molecule has 0 saturated heterocycles. The van der Waals surface area contributed by atoms with Crippen LogP contribution in [0.25, 0.3) is 24.3 Å². The molecule has 0 aromatic heterocycles. The number of rotatable bonds is 7. The van der Waals surface area contributed by atoms with Gasteiger partial charge in [0.25, 0.3) is 0 Å². The van der Waals surface area contributed by atoms with E-state index in [1.807, 2.05) is 12.1 Å². The van der Waals surface area contributed by atoms with Crippen molar-refractivity contribution in [3.63, 3.8) is 0 Å². The first kappa shape index (κ1) is 22.2. The molecule has 0 saturated carbocycles. The van der Waals surface area contributed by atoms with Gasteiger partial charge >= 0.3 is 0 Å². The van der Waals surface area contributed by atoms with Crippen LogP contribution >= 0.6 is 0 Å². The average Bonchev–Trinajstić information content (AvgIpc) is 2.94. The third-order valence-electron chi connectivity index (χ3n) is 5.87. The molecule has 0 aliphatic rings. The van der Waals surface area contributed by atoms with Crippen LogP contribution in [-0.4, -0.2) is 0 Å². The van der Waals surface area contributed by atoms with Crippen LogP contribution in [0.5, 0.6) is 0 Å². The van der Waals surface area contributed by atoms with Crippen LogP contribution in [0, 0.1) is 0 Å². The van der Waals surface area contributed by atoms with Gasteiger partial charge in [-0.3, -0.25) is 0 Å². The highest BCUT2D eigenvalue weighted by molar-refractivity contribution is 5.85. The number of hydrogen-bond donors (Lipinski definition) is 0. The molecule has 0 fully saturated rings. The summed E-state index contributed by atoms with van der Waals surface area (Å²) in [6.07, 6.45) is 8.66. The largest absolute Gasteiger partial charge is 0.310 e. The SMILES string of the molecule is C(=Cc1ccc(N(c2ccccc2)c2ccccc2C=Cc2ccccc2)cc1)c1ccccc1. The lowest BCUT2D eigenvalue weighted by Gasteiger charge is -2.27. The Morgan fingerprint density at radius 2 is 0.771 bits per heavy atom. The summed E-state index contributed by atoms with van der Waals surface area (Å²) < 4.78 is 0. The molecule has 0 spiro atoms. The van der Waals surface area contributed by atoms with Crippen molar-refractivity contribution in [1.29, 1.82) is 0 Å². The minimum atomic E-state index is 1.12. The molecule has 35 heavy (non-hydrogen) atoms. The van der Waals surface area contributed by atoms with E-state index in [1.54, 1.807) is 0 Å². The predicted octanol–water partition coefficient (Wildman–Crippen LogP) is 9.50. The second-order valence-corrected chi connectivity index (χ2v) is 8.31. The summed E-state index contributed by atoms with van der Waals surface area (Å²) in [6, 6.07) is 48.6. The van der Waals surface area contributed by atoms with Gasteiger partial charge in [0.1, 0.15) is 0 Å². The molecule has 1 nitrogen and oxygen atoms in total. The summed E-state index contributed by atoms with van der Waals surface area (Å²) in [5.41, 5.74) is 8.09. The van der Waals surface area contributed by atoms with Crippen molar-refractivity contribution >= 4 is 41.4 Å². The van der Waals surface area contributed by atoms with Crippen LogP contribution in [0.1, 0.15) is 22.3 Å². The van der Waals surface area contributed by atoms with E-state index < -0.39 is 0 Å². The molecule has 0 amide bonds. The maximum atomic E-state index is 2.31. The number of para-hydroxylation sites is 2. The van der Waals surface area contributed by atoms with Crippen molar-refractivity contribution in [2.24, 2.45) is 0 Å². The fourth-order valence-electron chi connectivity index (χ4n) is 4.08. The fourth-order valence-corrected chi connectivity index (χ4v) is 4.08. The van der Waals surface area contributed by atoms with Crippen LogP contribution in [0.15, 0.2) is 140 Å². The van der Waals surface area contributed by atoms with E-state index in [0.29, 0.717) is 0 Å². The van der Waals surface area contributed by atoms with Gasteiger partial charge in [-0.25, -0.2) is 0 Å². The van der Waals surface area contributed by atoms with E-state index in [9.17, 15) is 0 Å². The molecule has 0 aliphatic carbocycles. The van der Waals surface area contributed by atoms with Crippen molar-refractivity contribution in [3.8, 4) is 0 Å². The summed E-state index contributed by atoms with van der Waals surface area (Å²) in [4.78, 5) is 2.31. The summed E-state index contributed by atoms with van der Waals surface area (Å²) in [5, 5.41) is 0. The molecule has 0 atom stereocenters. The lowest BCUT2D eigenvalue weighted by molar-refractivity contribution is 1.28. The monoisotopic (exact) mass is 449 g/mol. The molecule has 0 unspecified atom stereocenters. The fraction of sp³-hybridized carbons (Fsp3) is 0. The molecule has 5 aromatic carbocycles. The normalized spacial score (nSPS) is 11.2. The van der Waals surface area contributed by atoms with E-state index in [0.717, 1.165) is 22.6 Å². The summed E-state index contributed by atoms with van der Waals surface area (Å²) in [7, 11) is 0. The zero-order valence-electron chi connectivity index (χ0n) is 19.5. The molecule has 168 valence electrons. The molecule has 0 N–H and O–H groups in total. The topological polar surface area (TPSA) is 3.24 Å². The molecule has 1 heteroatoms. The van der Waals surface area contributed by atoms with Crippen LogP contribution in [0.2, 0.25) is 0 Å². The second-order valence-electron chi connectivity index (χ2n) is 8.31. The number of benzene rings is 5. The summed E-state index contributed by atoms with van der Waals surface area (Å²) in [5.74, 6) is 0. The Bertz CT molecular complexity index is 1400. The number of nitrogens with zero attached hydrogens (tertiary/aromatic N) is 1. The zero-order valence-corrected chi connectivity index (χ0v) is 19.5. The van der Waals surface area contributed by atoms with Crippen molar-refractivity contribution in [2.45, 2.75) is 0 Å². The summed E-state index contributed by atoms with van der Waals surface area (Å²) >= 11 is 0. The van der Waals surface area contributed by atoms with Gasteiger partial charge in [-0.15, -0.1) is 0 Å². The molecule has 0 heterocycles. The molecule has 0 radical (unpaired) electrons. The maximum Gasteiger partial charge on any atom is 0.0533 e. The molecule has 0 bridgehead atoms. The van der Waals surface area contributed by atoms with E-state index in [2.05, 4.69) is 157 Å². The smallest absolute Gasteiger partial charge is 0.0533 e. The average molecular weight is 450 g/mol. The van der Waals surface area contributed by atoms with Gasteiger partial charge in [0.15, 0.2) is 0 Å². The van der Waals surface area contributed by atoms with Crippen LogP contribution in [0.3, 0.4) is 0 Å². The van der Waals surface area contributed by atoms with Crippen molar-refractivity contribution in [1.82, 2.24) is 0 Å². The molecular formula is C34H27N. The second kappa shape index (κ2) is 11.0. The Kier molecular flexibility index (Phi) is 6.97. The van der Waals surface area contributed by atoms with Gasteiger partial charge in [0.2, 0.25) is 0 Å².